The molecule has 1 aliphatic carbocycles. The summed E-state index contributed by atoms with van der Waals surface area (Å²) < 4.78 is 8.74. The van der Waals surface area contributed by atoms with Crippen molar-refractivity contribution in [2.45, 2.75) is 25.4 Å². The number of pyridine rings is 1. The van der Waals surface area contributed by atoms with E-state index in [-0.39, 0.29) is 17.9 Å². The van der Waals surface area contributed by atoms with Crippen molar-refractivity contribution in [2.24, 2.45) is 0 Å². The minimum absolute atomic E-state index is 0.106. The minimum Gasteiger partial charge on any atom is -0.457 e. The number of imidazole rings is 1. The fraction of sp³-hybridized carbons (Fsp3) is 0.167. The summed E-state index contributed by atoms with van der Waals surface area (Å²) in [5.74, 6) is 0.204. The first-order valence-corrected chi connectivity index (χ1v) is 13.4. The number of rotatable bonds is 8. The van der Waals surface area contributed by atoms with E-state index < -0.39 is 11.9 Å². The Morgan fingerprint density at radius 2 is 2.03 bits per heavy atom. The van der Waals surface area contributed by atoms with Gasteiger partial charge in [-0.25, -0.2) is 14.8 Å². The van der Waals surface area contributed by atoms with Gasteiger partial charge in [-0.3, -0.25) is 9.78 Å². The van der Waals surface area contributed by atoms with Crippen LogP contribution in [0.1, 0.15) is 50.9 Å². The van der Waals surface area contributed by atoms with Crippen molar-refractivity contribution in [1.82, 2.24) is 37.9 Å². The van der Waals surface area contributed by atoms with Gasteiger partial charge in [0.05, 0.1) is 40.6 Å². The number of ether oxygens (including phenoxy) is 1. The molecule has 1 N–H and O–H groups in total. The van der Waals surface area contributed by atoms with Crippen molar-refractivity contribution in [3.8, 4) is 16.5 Å². The molecule has 6 rings (SSSR count). The van der Waals surface area contributed by atoms with Gasteiger partial charge in [-0.15, -0.1) is 16.4 Å². The lowest BCUT2D eigenvalue weighted by molar-refractivity contribution is 0.0472. The first-order valence-electron chi connectivity index (χ1n) is 11.5. The van der Waals surface area contributed by atoms with E-state index in [1.807, 2.05) is 59.4 Å². The number of carbonyl (C=O) groups is 2. The van der Waals surface area contributed by atoms with E-state index in [1.165, 1.54) is 20.4 Å². The van der Waals surface area contributed by atoms with Gasteiger partial charge < -0.3 is 14.6 Å². The summed E-state index contributed by atoms with van der Waals surface area (Å²) in [6.45, 7) is 0.116. The molecule has 4 heterocycles. The van der Waals surface area contributed by atoms with E-state index >= 15 is 0 Å². The van der Waals surface area contributed by atoms with Crippen LogP contribution < -0.4 is 5.32 Å². The molecule has 12 nitrogen and oxygen atoms in total. The molecular formula is C24H18IN9O3S. The highest BCUT2D eigenvalue weighted by Crippen LogP contribution is 2.39. The summed E-state index contributed by atoms with van der Waals surface area (Å²) in [6, 6.07) is 11.0. The van der Waals surface area contributed by atoms with E-state index in [0.29, 0.717) is 28.3 Å². The third kappa shape index (κ3) is 5.17. The van der Waals surface area contributed by atoms with Gasteiger partial charge in [-0.1, -0.05) is 30.3 Å². The number of tetrazole rings is 1. The topological polar surface area (TPSA) is 143 Å². The molecule has 4 aromatic heterocycles. The van der Waals surface area contributed by atoms with Gasteiger partial charge in [0.1, 0.15) is 23.7 Å². The SMILES string of the molecule is O=C(Nc1csc(-c2nnnn2I)n1)c1cc(-n2cnc(C3CC3)c2)c(C(=O)OCc2ccccc2)cn1. The number of nitrogens with one attached hydrogen (secondary N) is 1. The molecule has 0 bridgehead atoms. The number of nitrogens with zero attached hydrogens (tertiary/aromatic N) is 8. The van der Waals surface area contributed by atoms with Gasteiger partial charge in [0.2, 0.25) is 5.82 Å². The highest BCUT2D eigenvalue weighted by Gasteiger charge is 2.27. The standard InChI is InChI=1S/C24H18IN9O3S/c25-34-21(30-31-32-34)23-29-20(12-38-23)28-22(35)17-8-19(33-10-18(27-13-33)15-6-7-15)16(9-26-17)24(36)37-11-14-4-2-1-3-5-14/h1-5,8-10,12-13,15H,6-7,11H2,(H,28,35). The lowest BCUT2D eigenvalue weighted by atomic mass is 10.2. The number of hydrogen-bond acceptors (Lipinski definition) is 10. The number of thiazole rings is 1. The first kappa shape index (κ1) is 24.3. The Labute approximate surface area is 233 Å². The lowest BCUT2D eigenvalue weighted by Crippen LogP contribution is -2.17. The largest absolute Gasteiger partial charge is 0.457 e. The first-order chi connectivity index (χ1) is 18.5. The Kier molecular flexibility index (Phi) is 6.63. The quantitative estimate of drug-likeness (QED) is 0.197. The molecule has 1 aromatic carbocycles. The average molecular weight is 639 g/mol. The van der Waals surface area contributed by atoms with Crippen LogP contribution in [0.4, 0.5) is 5.82 Å². The smallest absolute Gasteiger partial charge is 0.342 e. The monoisotopic (exact) mass is 639 g/mol. The number of aromatic nitrogens is 8. The number of amides is 1. The second-order valence-corrected chi connectivity index (χ2v) is 10.3. The molecule has 1 amide bonds. The van der Waals surface area contributed by atoms with Crippen LogP contribution in [0.2, 0.25) is 0 Å². The number of esters is 1. The summed E-state index contributed by atoms with van der Waals surface area (Å²) in [4.78, 5) is 39.3. The maximum absolute atomic E-state index is 13.1. The van der Waals surface area contributed by atoms with Crippen LogP contribution in [0.15, 0.2) is 60.5 Å². The van der Waals surface area contributed by atoms with Gasteiger partial charge in [-0.2, -0.15) is 2.90 Å². The second kappa shape index (κ2) is 10.4. The van der Waals surface area contributed by atoms with Crippen molar-refractivity contribution in [1.29, 1.82) is 0 Å². The van der Waals surface area contributed by atoms with E-state index in [1.54, 1.807) is 22.3 Å². The second-order valence-electron chi connectivity index (χ2n) is 8.48. The predicted octanol–water partition coefficient (Wildman–Crippen LogP) is 4.06. The van der Waals surface area contributed by atoms with E-state index in [2.05, 4.69) is 35.8 Å². The highest BCUT2D eigenvalue weighted by atomic mass is 127. The third-order valence-corrected chi connectivity index (χ3v) is 7.28. The molecule has 0 atom stereocenters. The van der Waals surface area contributed by atoms with Gasteiger partial charge >= 0.3 is 5.97 Å². The van der Waals surface area contributed by atoms with Gasteiger partial charge in [0.25, 0.3) is 5.91 Å². The van der Waals surface area contributed by atoms with Crippen LogP contribution in [0.5, 0.6) is 0 Å². The zero-order valence-electron chi connectivity index (χ0n) is 19.6. The third-order valence-electron chi connectivity index (χ3n) is 5.79. The number of hydrogen-bond donors (Lipinski definition) is 1. The van der Waals surface area contributed by atoms with E-state index in [9.17, 15) is 9.59 Å². The Balaban J connectivity index is 1.26. The number of anilines is 1. The molecule has 38 heavy (non-hydrogen) atoms. The number of carbonyl (C=O) groups excluding carboxylic acids is 2. The van der Waals surface area contributed by atoms with Gasteiger partial charge in [0.15, 0.2) is 5.01 Å². The maximum atomic E-state index is 13.1. The minimum atomic E-state index is -0.550. The Hall–Kier alpha value is -4.05. The normalized spacial score (nSPS) is 12.9. The van der Waals surface area contributed by atoms with Gasteiger partial charge in [-0.05, 0) is 34.9 Å². The molecular weight excluding hydrogens is 621 g/mol. The molecule has 0 saturated heterocycles. The van der Waals surface area contributed by atoms with E-state index in [4.69, 9.17) is 4.74 Å². The highest BCUT2D eigenvalue weighted by molar-refractivity contribution is 14.1. The Bertz CT molecular complexity index is 1630. The summed E-state index contributed by atoms with van der Waals surface area (Å²) in [7, 11) is 0. The van der Waals surface area contributed by atoms with E-state index in [0.717, 1.165) is 24.1 Å². The molecule has 1 aliphatic rings. The van der Waals surface area contributed by atoms with Crippen molar-refractivity contribution in [2.75, 3.05) is 5.32 Å². The average Bonchev–Trinajstić information content (AvgIpc) is 3.28. The van der Waals surface area contributed by atoms with Crippen molar-refractivity contribution in [3.05, 3.63) is 83.0 Å². The molecule has 190 valence electrons. The lowest BCUT2D eigenvalue weighted by Gasteiger charge is -2.12. The van der Waals surface area contributed by atoms with Crippen LogP contribution in [0.3, 0.4) is 0 Å². The molecule has 0 radical (unpaired) electrons. The molecule has 0 spiro atoms. The molecule has 1 saturated carbocycles. The van der Waals surface area contributed by atoms with Crippen molar-refractivity contribution < 1.29 is 14.3 Å². The number of benzene rings is 1. The zero-order chi connectivity index (χ0) is 26.1. The molecule has 0 unspecified atom stereocenters. The molecule has 5 aromatic rings. The van der Waals surface area contributed by atoms with Crippen molar-refractivity contribution >= 4 is 51.9 Å². The molecule has 1 fully saturated rings. The Morgan fingerprint density at radius 3 is 2.79 bits per heavy atom. The summed E-state index contributed by atoms with van der Waals surface area (Å²) in [6.07, 6.45) is 7.05. The summed E-state index contributed by atoms with van der Waals surface area (Å²) in [5, 5.41) is 16.3. The van der Waals surface area contributed by atoms with Crippen molar-refractivity contribution in [3.63, 3.8) is 0 Å². The van der Waals surface area contributed by atoms with Crippen LogP contribution in [0, 0.1) is 0 Å². The van der Waals surface area contributed by atoms with Crippen LogP contribution in [-0.2, 0) is 11.3 Å². The maximum Gasteiger partial charge on any atom is 0.342 e. The Morgan fingerprint density at radius 1 is 1.18 bits per heavy atom. The van der Waals surface area contributed by atoms with Crippen LogP contribution >= 0.6 is 34.2 Å². The molecule has 14 heteroatoms. The van der Waals surface area contributed by atoms with Gasteiger partial charge in [0, 0.05) is 23.7 Å². The fourth-order valence-corrected chi connectivity index (χ4v) is 5.01. The fourth-order valence-electron chi connectivity index (χ4n) is 3.71. The summed E-state index contributed by atoms with van der Waals surface area (Å²) in [5.41, 5.74) is 2.59. The van der Waals surface area contributed by atoms with Crippen LogP contribution in [-0.4, -0.2) is 49.8 Å². The predicted molar refractivity (Wildman–Crippen MR) is 145 cm³/mol. The number of halogens is 1. The summed E-state index contributed by atoms with van der Waals surface area (Å²) >= 11 is 3.24. The zero-order valence-corrected chi connectivity index (χ0v) is 22.5. The van der Waals surface area contributed by atoms with Crippen LogP contribution in [0.25, 0.3) is 16.5 Å². The molecule has 0 aliphatic heterocycles.